The summed E-state index contributed by atoms with van der Waals surface area (Å²) in [6.07, 6.45) is -18.4. The zero-order chi connectivity index (χ0) is 35.4. The van der Waals surface area contributed by atoms with Gasteiger partial charge >= 0.3 is 24.7 Å². The van der Waals surface area contributed by atoms with Crippen LogP contribution in [0.5, 0.6) is 0 Å². The second-order valence-corrected chi connectivity index (χ2v) is 11.6. The van der Waals surface area contributed by atoms with Crippen LogP contribution >= 0.6 is 0 Å². The summed E-state index contributed by atoms with van der Waals surface area (Å²) in [6.45, 7) is 0.745. The predicted molar refractivity (Wildman–Crippen MR) is 146 cm³/mol. The molecule has 1 N–H and O–H groups in total. The average molecular weight is 700 g/mol. The molecule has 2 aliphatic rings. The molecule has 3 heterocycles. The Balaban J connectivity index is 1.79. The van der Waals surface area contributed by atoms with Crippen molar-refractivity contribution in [2.24, 2.45) is 0 Å². The molecule has 2 aliphatic heterocycles. The van der Waals surface area contributed by atoms with Crippen LogP contribution in [0.1, 0.15) is 69.4 Å². The average Bonchev–Trinajstić information content (AvgIpc) is 3.72. The monoisotopic (exact) mass is 699 g/mol. The molecule has 0 aliphatic carbocycles. The van der Waals surface area contributed by atoms with Gasteiger partial charge in [0.1, 0.15) is 5.60 Å². The number of hydrogen-bond donors (Lipinski definition) is 1. The molecule has 1 aromatic heterocycles. The fourth-order valence-electron chi connectivity index (χ4n) is 6.29. The number of carbonyl (C=O) groups excluding carboxylic acids is 1. The summed E-state index contributed by atoms with van der Waals surface area (Å²) in [7, 11) is 0. The number of halogens is 12. The molecular formula is C31H25F12N3O2. The zero-order valence-electron chi connectivity index (χ0n) is 24.5. The number of anilines is 1. The summed E-state index contributed by atoms with van der Waals surface area (Å²) >= 11 is 0. The van der Waals surface area contributed by atoms with Gasteiger partial charge in [-0.2, -0.15) is 52.7 Å². The van der Waals surface area contributed by atoms with Gasteiger partial charge in [-0.3, -0.25) is 9.78 Å². The number of nitrogens with zero attached hydrogens (tertiary/aromatic N) is 3. The molecule has 1 amide bonds. The number of likely N-dealkylation sites (tertiary alicyclic amines) is 1. The van der Waals surface area contributed by atoms with Crippen LogP contribution in [-0.4, -0.2) is 46.6 Å². The highest BCUT2D eigenvalue weighted by Crippen LogP contribution is 2.48. The van der Waals surface area contributed by atoms with Gasteiger partial charge in [0.15, 0.2) is 0 Å². The number of benzene rings is 2. The zero-order valence-corrected chi connectivity index (χ0v) is 24.5. The molecule has 0 saturated carbocycles. The van der Waals surface area contributed by atoms with E-state index < -0.39 is 82.1 Å². The van der Waals surface area contributed by atoms with Gasteiger partial charge in [-0.1, -0.05) is 0 Å². The second-order valence-electron chi connectivity index (χ2n) is 11.6. The van der Waals surface area contributed by atoms with Gasteiger partial charge < -0.3 is 14.9 Å². The smallest absolute Gasteiger partial charge is 0.378 e. The Morgan fingerprint density at radius 1 is 0.646 bits per heavy atom. The number of pyridine rings is 1. The quantitative estimate of drug-likeness (QED) is 0.273. The molecule has 2 saturated heterocycles. The van der Waals surface area contributed by atoms with Crippen LogP contribution in [0.25, 0.3) is 0 Å². The highest BCUT2D eigenvalue weighted by molar-refractivity contribution is 6.00. The Bertz CT molecular complexity index is 1530. The van der Waals surface area contributed by atoms with E-state index in [0.717, 1.165) is 23.9 Å². The molecule has 3 aromatic rings. The fraction of sp³-hybridized carbons (Fsp3) is 0.419. The van der Waals surface area contributed by atoms with Crippen molar-refractivity contribution in [2.45, 2.75) is 62.0 Å². The maximum absolute atomic E-state index is 14.1. The molecule has 5 nitrogen and oxygen atoms in total. The SMILES string of the molecule is O=C(c1cnccc1N1CCCC1)N1CCC[C@H]1C(O)(c1cc(C(F)(F)F)cc(C(F)(F)F)c1)c1cc(C(F)(F)F)cc(C(F)(F)F)c1. The Morgan fingerprint density at radius 3 is 1.48 bits per heavy atom. The number of carbonyl (C=O) groups is 1. The molecule has 1 atom stereocenters. The first-order valence-corrected chi connectivity index (χ1v) is 14.4. The Labute approximate surface area is 264 Å². The number of hydrogen-bond acceptors (Lipinski definition) is 4. The number of amides is 1. The van der Waals surface area contributed by atoms with Gasteiger partial charge in [0, 0.05) is 32.0 Å². The van der Waals surface area contributed by atoms with Crippen molar-refractivity contribution < 1.29 is 62.6 Å². The Hall–Kier alpha value is -4.02. The third-order valence-corrected chi connectivity index (χ3v) is 8.53. The van der Waals surface area contributed by atoms with Crippen molar-refractivity contribution in [3.8, 4) is 0 Å². The molecule has 2 aromatic carbocycles. The summed E-state index contributed by atoms with van der Waals surface area (Å²) in [5.41, 5.74) is -13.7. The van der Waals surface area contributed by atoms with Crippen LogP contribution in [0.4, 0.5) is 58.4 Å². The van der Waals surface area contributed by atoms with Crippen molar-refractivity contribution in [1.82, 2.24) is 9.88 Å². The molecule has 0 bridgehead atoms. The van der Waals surface area contributed by atoms with Crippen LogP contribution in [-0.2, 0) is 30.3 Å². The molecule has 260 valence electrons. The summed E-state index contributed by atoms with van der Waals surface area (Å²) in [5, 5.41) is 12.4. The highest BCUT2D eigenvalue weighted by atomic mass is 19.4. The van der Waals surface area contributed by atoms with E-state index >= 15 is 0 Å². The van der Waals surface area contributed by atoms with E-state index in [1.165, 1.54) is 12.3 Å². The maximum Gasteiger partial charge on any atom is 0.416 e. The van der Waals surface area contributed by atoms with Gasteiger partial charge in [-0.05, 0) is 79.3 Å². The maximum atomic E-state index is 14.1. The predicted octanol–water partition coefficient (Wildman–Crippen LogP) is 8.30. The first-order chi connectivity index (χ1) is 22.1. The summed E-state index contributed by atoms with van der Waals surface area (Å²) in [6, 6.07) is -0.911. The summed E-state index contributed by atoms with van der Waals surface area (Å²) in [5.74, 6) is -0.933. The normalized spacial score (nSPS) is 18.1. The lowest BCUT2D eigenvalue weighted by Gasteiger charge is -2.41. The third kappa shape index (κ3) is 6.78. The van der Waals surface area contributed by atoms with Crippen molar-refractivity contribution in [2.75, 3.05) is 24.5 Å². The molecule has 48 heavy (non-hydrogen) atoms. The topological polar surface area (TPSA) is 56.7 Å². The number of rotatable bonds is 5. The molecule has 17 heteroatoms. The second kappa shape index (κ2) is 12.1. The molecular weight excluding hydrogens is 674 g/mol. The first-order valence-electron chi connectivity index (χ1n) is 14.4. The first kappa shape index (κ1) is 35.3. The van der Waals surface area contributed by atoms with Crippen molar-refractivity contribution in [3.63, 3.8) is 0 Å². The molecule has 0 spiro atoms. The van der Waals surface area contributed by atoms with E-state index in [-0.39, 0.29) is 54.9 Å². The van der Waals surface area contributed by atoms with E-state index in [4.69, 9.17) is 0 Å². The van der Waals surface area contributed by atoms with Crippen molar-refractivity contribution in [3.05, 3.63) is 93.8 Å². The van der Waals surface area contributed by atoms with Crippen LogP contribution in [0.3, 0.4) is 0 Å². The van der Waals surface area contributed by atoms with Gasteiger partial charge in [0.2, 0.25) is 0 Å². The lowest BCUT2D eigenvalue weighted by molar-refractivity contribution is -0.144. The van der Waals surface area contributed by atoms with E-state index in [1.807, 2.05) is 4.90 Å². The van der Waals surface area contributed by atoms with Gasteiger partial charge in [-0.15, -0.1) is 0 Å². The lowest BCUT2D eigenvalue weighted by Crippen LogP contribution is -2.51. The van der Waals surface area contributed by atoms with Crippen LogP contribution in [0.2, 0.25) is 0 Å². The number of aromatic nitrogens is 1. The van der Waals surface area contributed by atoms with Crippen LogP contribution in [0.15, 0.2) is 54.9 Å². The van der Waals surface area contributed by atoms with Crippen LogP contribution in [0, 0.1) is 0 Å². The standard InChI is InChI=1S/C31H25F12N3O2/c32-28(33,34)19-10-17(11-20(14-19)29(35,36)37)27(48,18-12-21(30(38,39)40)15-22(13-18)31(41,42)43)25-4-3-9-46(25)26(47)23-16-44-6-5-24(23)45-7-1-2-8-45/h5-6,10-16,25,48H,1-4,7-9H2/t25-/m0/s1. The van der Waals surface area contributed by atoms with Gasteiger partial charge in [0.25, 0.3) is 5.91 Å². The number of aliphatic hydroxyl groups is 1. The van der Waals surface area contributed by atoms with E-state index in [9.17, 15) is 62.6 Å². The van der Waals surface area contributed by atoms with Crippen LogP contribution < -0.4 is 4.90 Å². The fourth-order valence-corrected chi connectivity index (χ4v) is 6.29. The molecule has 2 fully saturated rings. The minimum Gasteiger partial charge on any atom is -0.378 e. The minimum atomic E-state index is -5.49. The van der Waals surface area contributed by atoms with E-state index in [2.05, 4.69) is 4.98 Å². The Kier molecular flexibility index (Phi) is 8.93. The van der Waals surface area contributed by atoms with Crippen molar-refractivity contribution in [1.29, 1.82) is 0 Å². The molecule has 5 rings (SSSR count). The lowest BCUT2D eigenvalue weighted by atomic mass is 9.76. The van der Waals surface area contributed by atoms with Crippen molar-refractivity contribution >= 4 is 11.6 Å². The summed E-state index contributed by atoms with van der Waals surface area (Å²) < 4.78 is 167. The summed E-state index contributed by atoms with van der Waals surface area (Å²) in [4.78, 5) is 20.7. The largest absolute Gasteiger partial charge is 0.416 e. The van der Waals surface area contributed by atoms with Gasteiger partial charge in [-0.25, -0.2) is 0 Å². The Morgan fingerprint density at radius 2 is 1.06 bits per heavy atom. The highest BCUT2D eigenvalue weighted by Gasteiger charge is 2.51. The third-order valence-electron chi connectivity index (χ3n) is 8.53. The van der Waals surface area contributed by atoms with E-state index in [1.54, 1.807) is 0 Å². The molecule has 0 radical (unpaired) electrons. The van der Waals surface area contributed by atoms with Gasteiger partial charge in [0.05, 0.1) is 39.5 Å². The minimum absolute atomic E-state index is 0.0312. The number of alkyl halides is 12. The van der Waals surface area contributed by atoms with E-state index in [0.29, 0.717) is 18.8 Å². The molecule has 0 unspecified atom stereocenters.